The predicted molar refractivity (Wildman–Crippen MR) is 79.0 cm³/mol. The van der Waals surface area contributed by atoms with Gasteiger partial charge in [-0.15, -0.1) is 11.8 Å². The molecule has 0 N–H and O–H groups in total. The molecular formula is C16H13F2NOS. The maximum Gasteiger partial charge on any atom is 0.255 e. The van der Waals surface area contributed by atoms with Gasteiger partial charge in [0.2, 0.25) is 0 Å². The molecule has 3 rings (SSSR count). The Morgan fingerprint density at radius 3 is 2.57 bits per heavy atom. The van der Waals surface area contributed by atoms with Gasteiger partial charge in [0, 0.05) is 17.9 Å². The zero-order valence-electron chi connectivity index (χ0n) is 11.1. The van der Waals surface area contributed by atoms with Crippen LogP contribution in [0.2, 0.25) is 0 Å². The number of amides is 1. The second kappa shape index (κ2) is 5.85. The fourth-order valence-electron chi connectivity index (χ4n) is 2.37. The molecule has 2 aromatic carbocycles. The van der Waals surface area contributed by atoms with E-state index in [1.54, 1.807) is 34.9 Å². The number of carbonyl (C=O) groups is 1. The third-order valence-corrected chi connectivity index (χ3v) is 4.64. The Hall–Kier alpha value is -1.88. The fourth-order valence-corrected chi connectivity index (χ4v) is 3.62. The van der Waals surface area contributed by atoms with Gasteiger partial charge in [-0.25, -0.2) is 8.78 Å². The largest absolute Gasteiger partial charge is 0.322 e. The molecule has 21 heavy (non-hydrogen) atoms. The zero-order valence-corrected chi connectivity index (χ0v) is 11.9. The van der Waals surface area contributed by atoms with E-state index in [0.29, 0.717) is 12.1 Å². The first-order chi connectivity index (χ1) is 10.1. The minimum Gasteiger partial charge on any atom is -0.322 e. The van der Waals surface area contributed by atoms with Crippen LogP contribution in [-0.2, 0) is 0 Å². The van der Waals surface area contributed by atoms with Gasteiger partial charge in [0.05, 0.1) is 0 Å². The van der Waals surface area contributed by atoms with Gasteiger partial charge in [0.1, 0.15) is 17.0 Å². The summed E-state index contributed by atoms with van der Waals surface area (Å²) < 4.78 is 26.3. The number of thioether (sulfide) groups is 1. The third kappa shape index (κ3) is 2.93. The highest BCUT2D eigenvalue weighted by molar-refractivity contribution is 7.99. The van der Waals surface area contributed by atoms with Gasteiger partial charge in [-0.05, 0) is 35.9 Å². The number of rotatable bonds is 2. The lowest BCUT2D eigenvalue weighted by Crippen LogP contribution is -2.30. The van der Waals surface area contributed by atoms with Crippen molar-refractivity contribution in [2.45, 2.75) is 5.37 Å². The Morgan fingerprint density at radius 1 is 1.10 bits per heavy atom. The van der Waals surface area contributed by atoms with E-state index >= 15 is 0 Å². The highest BCUT2D eigenvalue weighted by Crippen LogP contribution is 2.38. The maximum absolute atomic E-state index is 13.3. The topological polar surface area (TPSA) is 20.3 Å². The number of halogens is 2. The van der Waals surface area contributed by atoms with E-state index in [9.17, 15) is 13.6 Å². The molecule has 1 saturated heterocycles. The van der Waals surface area contributed by atoms with Crippen LogP contribution in [0.4, 0.5) is 8.78 Å². The van der Waals surface area contributed by atoms with Crippen LogP contribution < -0.4 is 0 Å². The summed E-state index contributed by atoms with van der Waals surface area (Å²) >= 11 is 1.63. The van der Waals surface area contributed by atoms with Gasteiger partial charge in [0.25, 0.3) is 5.91 Å². The molecule has 108 valence electrons. The lowest BCUT2D eigenvalue weighted by molar-refractivity contribution is 0.0760. The number of carbonyl (C=O) groups excluding carboxylic acids is 1. The molecule has 5 heteroatoms. The van der Waals surface area contributed by atoms with Crippen LogP contribution in [-0.4, -0.2) is 23.1 Å². The summed E-state index contributed by atoms with van der Waals surface area (Å²) in [6, 6.07) is 11.8. The second-order valence-corrected chi connectivity index (χ2v) is 5.97. The van der Waals surface area contributed by atoms with E-state index in [-0.39, 0.29) is 17.1 Å². The van der Waals surface area contributed by atoms with E-state index in [4.69, 9.17) is 0 Å². The monoisotopic (exact) mass is 305 g/mol. The van der Waals surface area contributed by atoms with Gasteiger partial charge in [0.15, 0.2) is 0 Å². The van der Waals surface area contributed by atoms with Crippen molar-refractivity contribution in [2.75, 3.05) is 12.3 Å². The van der Waals surface area contributed by atoms with Crippen LogP contribution >= 0.6 is 11.8 Å². The first kappa shape index (κ1) is 14.1. The molecule has 1 atom stereocenters. The van der Waals surface area contributed by atoms with Crippen molar-refractivity contribution in [1.82, 2.24) is 4.90 Å². The fraction of sp³-hybridized carbons (Fsp3) is 0.188. The van der Waals surface area contributed by atoms with Crippen LogP contribution in [0.25, 0.3) is 0 Å². The van der Waals surface area contributed by atoms with Crippen molar-refractivity contribution in [3.8, 4) is 0 Å². The highest BCUT2D eigenvalue weighted by Gasteiger charge is 2.31. The molecule has 2 aromatic rings. The first-order valence-electron chi connectivity index (χ1n) is 6.59. The number of hydrogen-bond donors (Lipinski definition) is 0. The van der Waals surface area contributed by atoms with Gasteiger partial charge in [-0.2, -0.15) is 0 Å². The van der Waals surface area contributed by atoms with Crippen molar-refractivity contribution in [2.24, 2.45) is 0 Å². The minimum absolute atomic E-state index is 0.152. The van der Waals surface area contributed by atoms with E-state index in [0.717, 1.165) is 11.3 Å². The molecule has 1 aliphatic rings. The van der Waals surface area contributed by atoms with E-state index in [2.05, 4.69) is 0 Å². The Balaban J connectivity index is 1.87. The molecule has 1 heterocycles. The van der Waals surface area contributed by atoms with Gasteiger partial charge in [-0.1, -0.05) is 18.2 Å². The summed E-state index contributed by atoms with van der Waals surface area (Å²) in [6.07, 6.45) is 0. The van der Waals surface area contributed by atoms with Crippen molar-refractivity contribution in [3.05, 3.63) is 71.3 Å². The molecular weight excluding hydrogens is 292 g/mol. The number of benzene rings is 2. The molecule has 0 unspecified atom stereocenters. The quantitative estimate of drug-likeness (QED) is 0.840. The smallest absolute Gasteiger partial charge is 0.255 e. The number of nitrogens with zero attached hydrogens (tertiary/aromatic N) is 1. The Bertz CT molecular complexity index is 660. The van der Waals surface area contributed by atoms with Crippen molar-refractivity contribution in [1.29, 1.82) is 0 Å². The Kier molecular flexibility index (Phi) is 3.92. The molecule has 1 fully saturated rings. The summed E-state index contributed by atoms with van der Waals surface area (Å²) in [6.45, 7) is 0.599. The first-order valence-corrected chi connectivity index (χ1v) is 7.63. The summed E-state index contributed by atoms with van der Waals surface area (Å²) in [5.41, 5.74) is 1.22. The summed E-state index contributed by atoms with van der Waals surface area (Å²) in [5.74, 6) is -0.118. The van der Waals surface area contributed by atoms with Crippen LogP contribution in [0.3, 0.4) is 0 Å². The molecule has 0 aromatic heterocycles. The lowest BCUT2D eigenvalue weighted by atomic mass is 10.1. The minimum atomic E-state index is -0.425. The van der Waals surface area contributed by atoms with E-state index in [1.165, 1.54) is 30.3 Å². The van der Waals surface area contributed by atoms with Crippen LogP contribution in [0.5, 0.6) is 0 Å². The molecule has 0 bridgehead atoms. The Labute approximate surface area is 125 Å². The van der Waals surface area contributed by atoms with Crippen molar-refractivity contribution in [3.63, 3.8) is 0 Å². The molecule has 2 nitrogen and oxygen atoms in total. The zero-order chi connectivity index (χ0) is 14.8. The highest BCUT2D eigenvalue weighted by atomic mass is 32.2. The summed E-state index contributed by atoms with van der Waals surface area (Å²) in [7, 11) is 0. The molecule has 0 spiro atoms. The van der Waals surface area contributed by atoms with E-state index < -0.39 is 5.82 Å². The van der Waals surface area contributed by atoms with Gasteiger partial charge < -0.3 is 4.90 Å². The molecule has 1 aliphatic heterocycles. The molecule has 0 saturated carbocycles. The SMILES string of the molecule is O=C(c1cccc(F)c1)N1CCS[C@@H]1c1ccc(F)cc1. The normalized spacial score (nSPS) is 18.0. The van der Waals surface area contributed by atoms with Crippen LogP contribution in [0.15, 0.2) is 48.5 Å². The van der Waals surface area contributed by atoms with E-state index in [1.807, 2.05) is 0 Å². The summed E-state index contributed by atoms with van der Waals surface area (Å²) in [5, 5.41) is -0.152. The Morgan fingerprint density at radius 2 is 1.86 bits per heavy atom. The van der Waals surface area contributed by atoms with Gasteiger partial charge >= 0.3 is 0 Å². The van der Waals surface area contributed by atoms with Gasteiger partial charge in [-0.3, -0.25) is 4.79 Å². The lowest BCUT2D eigenvalue weighted by Gasteiger charge is -2.24. The molecule has 1 amide bonds. The van der Waals surface area contributed by atoms with Crippen LogP contribution in [0, 0.1) is 11.6 Å². The molecule has 0 aliphatic carbocycles. The van der Waals surface area contributed by atoms with Crippen LogP contribution in [0.1, 0.15) is 21.3 Å². The average molecular weight is 305 g/mol. The average Bonchev–Trinajstić information content (AvgIpc) is 2.96. The summed E-state index contributed by atoms with van der Waals surface area (Å²) in [4.78, 5) is 14.2. The molecule has 0 radical (unpaired) electrons. The second-order valence-electron chi connectivity index (χ2n) is 4.78. The van der Waals surface area contributed by atoms with Crippen molar-refractivity contribution < 1.29 is 13.6 Å². The third-order valence-electron chi connectivity index (χ3n) is 3.38. The van der Waals surface area contributed by atoms with Crippen molar-refractivity contribution >= 4 is 17.7 Å². The predicted octanol–water partition coefficient (Wildman–Crippen LogP) is 3.85. The maximum atomic E-state index is 13.3. The standard InChI is InChI=1S/C16H13F2NOS/c17-13-6-4-11(5-7-13)16-19(8-9-21-16)15(20)12-2-1-3-14(18)10-12/h1-7,10,16H,8-9H2/t16-/m1/s1. The number of hydrogen-bond acceptors (Lipinski definition) is 2.